The van der Waals surface area contributed by atoms with Crippen LogP contribution in [0.25, 0.3) is 0 Å². The number of piperidine rings is 8. The quantitative estimate of drug-likeness (QED) is 0.0900. The Morgan fingerprint density at radius 1 is 0.231 bits per heavy atom. The van der Waals surface area contributed by atoms with Crippen molar-refractivity contribution in [3.8, 4) is 36.1 Å². The molecule has 3 aromatic rings. The molecule has 0 spiro atoms. The van der Waals surface area contributed by atoms with Crippen molar-refractivity contribution in [3.63, 3.8) is 0 Å². The monoisotopic (exact) mass is 1630 g/mol. The van der Waals surface area contributed by atoms with Crippen LogP contribution in [0.2, 0.25) is 0 Å². The van der Waals surface area contributed by atoms with Gasteiger partial charge < -0.3 is 53.8 Å². The molecule has 0 unspecified atom stereocenters. The second kappa shape index (κ2) is 31.6. The number of hydrogen-bond acceptors (Lipinski definition) is 26. The van der Waals surface area contributed by atoms with Gasteiger partial charge >= 0.3 is 36.1 Å². The zero-order valence-electron chi connectivity index (χ0n) is 80.8. The topological polar surface area (TPSA) is 225 Å². The number of anilines is 3. The van der Waals surface area contributed by atoms with E-state index in [1.807, 2.05) is 0 Å². The van der Waals surface area contributed by atoms with Crippen molar-refractivity contribution in [1.29, 1.82) is 0 Å². The summed E-state index contributed by atoms with van der Waals surface area (Å²) in [6.07, 6.45) is 11.2. The normalized spacial score (nSPS) is 27.5. The molecule has 8 aliphatic heterocycles. The molecule has 0 amide bonds. The summed E-state index contributed by atoms with van der Waals surface area (Å²) >= 11 is 0. The van der Waals surface area contributed by atoms with Gasteiger partial charge in [0.15, 0.2) is 0 Å². The highest BCUT2D eigenvalue weighted by molar-refractivity contribution is 5.41. The Kier molecular flexibility index (Phi) is 25.0. The van der Waals surface area contributed by atoms with Crippen molar-refractivity contribution in [3.05, 3.63) is 0 Å². The van der Waals surface area contributed by atoms with E-state index in [2.05, 4.69) is 319 Å². The molecule has 0 saturated carbocycles. The first-order valence-electron chi connectivity index (χ1n) is 44.7. The summed E-state index contributed by atoms with van der Waals surface area (Å²) in [6.45, 7) is 75.5. The molecule has 0 bridgehead atoms. The van der Waals surface area contributed by atoms with Gasteiger partial charge in [0.1, 0.15) is 36.6 Å². The van der Waals surface area contributed by atoms with Crippen LogP contribution in [0.15, 0.2) is 0 Å². The molecular formula is C91H164N20O6. The van der Waals surface area contributed by atoms with Crippen LogP contribution in [0.4, 0.5) is 17.8 Å². The average Bonchev–Trinajstić information content (AvgIpc) is 0.778. The van der Waals surface area contributed by atoms with Gasteiger partial charge in [0.2, 0.25) is 17.8 Å². The molecule has 8 fully saturated rings. The smallest absolute Gasteiger partial charge is 0.324 e. The molecular weight excluding hydrogens is 1470 g/mol. The lowest BCUT2D eigenvalue weighted by atomic mass is 9.79. The minimum absolute atomic E-state index is 0.0915. The highest BCUT2D eigenvalue weighted by atomic mass is 16.5. The number of aromatic nitrogens is 9. The SMILES string of the molecule is CN1C(C)(C)CC(Oc2nc(OC3CC(C)(C)N(C)C(C)(C)C3)nc(N(CCN(c3nc(OC4CC(C)(C)N(C)C(C)(C)C4)nc(OC4CC(C)(C)N(C)C(C)(C)C4)n3)C3CC(C)(C)NC(C)(C)C3)CCN(c3nc(OC4CC(C)(C)N(C)C(C)(C)C4)nc(OC4CC(C)(C)N(C)C(C)(C)C4)n3)C3CC(C)(C)NC(C)(C)C3)n2)CC1(C)C. The Bertz CT molecular complexity index is 3450. The van der Waals surface area contributed by atoms with Crippen LogP contribution >= 0.6 is 0 Å². The predicted octanol–water partition coefficient (Wildman–Crippen LogP) is 14.9. The van der Waals surface area contributed by atoms with Crippen LogP contribution in [-0.2, 0) is 0 Å². The maximum Gasteiger partial charge on any atom is 0.324 e. The van der Waals surface area contributed by atoms with Gasteiger partial charge in [-0.25, -0.2) is 0 Å². The number of rotatable bonds is 23. The molecule has 0 atom stereocenters. The average molecular weight is 1630 g/mol. The van der Waals surface area contributed by atoms with Crippen molar-refractivity contribution in [1.82, 2.24) is 84.9 Å². The highest BCUT2D eigenvalue weighted by Gasteiger charge is 2.53. The minimum Gasteiger partial charge on any atom is -0.460 e. The third kappa shape index (κ3) is 21.2. The van der Waals surface area contributed by atoms with E-state index in [1.54, 1.807) is 0 Å². The molecule has 2 N–H and O–H groups in total. The minimum atomic E-state index is -0.292. The van der Waals surface area contributed by atoms with E-state index in [0.717, 1.165) is 103 Å². The Labute approximate surface area is 708 Å². The van der Waals surface area contributed by atoms with Crippen molar-refractivity contribution < 1.29 is 28.4 Å². The lowest BCUT2D eigenvalue weighted by Crippen LogP contribution is -2.63. The first kappa shape index (κ1) is 92.6. The molecule has 8 saturated heterocycles. The fourth-order valence-corrected chi connectivity index (χ4v) is 23.4. The fourth-order valence-electron chi connectivity index (χ4n) is 23.4. The van der Waals surface area contributed by atoms with Crippen LogP contribution in [0.3, 0.4) is 0 Å². The van der Waals surface area contributed by atoms with Gasteiger partial charge in [0, 0.05) is 204 Å². The Morgan fingerprint density at radius 2 is 0.385 bits per heavy atom. The van der Waals surface area contributed by atoms with Crippen molar-refractivity contribution in [2.24, 2.45) is 0 Å². The second-order valence-electron chi connectivity index (χ2n) is 47.9. The Balaban J connectivity index is 1.10. The summed E-state index contributed by atoms with van der Waals surface area (Å²) in [5, 5.41) is 8.08. The van der Waals surface area contributed by atoms with Crippen molar-refractivity contribution in [2.75, 3.05) is 83.2 Å². The summed E-state index contributed by atoms with van der Waals surface area (Å²) in [6, 6.07) is 1.32. The summed E-state index contributed by atoms with van der Waals surface area (Å²) in [5.74, 6) is 1.42. The highest BCUT2D eigenvalue weighted by Crippen LogP contribution is 2.47. The van der Waals surface area contributed by atoms with E-state index in [0.29, 0.717) is 44.0 Å². The van der Waals surface area contributed by atoms with Crippen LogP contribution in [0, 0.1) is 0 Å². The van der Waals surface area contributed by atoms with E-state index in [4.69, 9.17) is 73.3 Å². The van der Waals surface area contributed by atoms with Gasteiger partial charge in [0.05, 0.1) is 0 Å². The first-order valence-corrected chi connectivity index (χ1v) is 44.7. The lowest BCUT2D eigenvalue weighted by Gasteiger charge is -2.53. The molecule has 3 aromatic heterocycles. The summed E-state index contributed by atoms with van der Waals surface area (Å²) in [4.78, 5) is 71.3. The summed E-state index contributed by atoms with van der Waals surface area (Å²) in [7, 11) is 13.4. The maximum absolute atomic E-state index is 7.34. The summed E-state index contributed by atoms with van der Waals surface area (Å²) < 4.78 is 43.8. The molecule has 11 rings (SSSR count). The molecule has 117 heavy (non-hydrogen) atoms. The number of hydrogen-bond donors (Lipinski definition) is 2. The van der Waals surface area contributed by atoms with Crippen molar-refractivity contribution >= 4 is 17.8 Å². The zero-order valence-corrected chi connectivity index (χ0v) is 80.8. The molecule has 0 aromatic carbocycles. The Hall–Kier alpha value is -5.09. The predicted molar refractivity (Wildman–Crippen MR) is 472 cm³/mol. The van der Waals surface area contributed by atoms with Gasteiger partial charge in [-0.05, 0) is 290 Å². The number of ether oxygens (including phenoxy) is 6. The van der Waals surface area contributed by atoms with Crippen LogP contribution < -0.4 is 53.8 Å². The van der Waals surface area contributed by atoms with E-state index in [9.17, 15) is 0 Å². The van der Waals surface area contributed by atoms with Gasteiger partial charge in [-0.15, -0.1) is 15.0 Å². The van der Waals surface area contributed by atoms with Gasteiger partial charge in [0.25, 0.3) is 0 Å². The molecule has 664 valence electrons. The molecule has 0 aliphatic carbocycles. The molecule has 8 aliphatic rings. The van der Waals surface area contributed by atoms with Gasteiger partial charge in [-0.1, -0.05) is 0 Å². The van der Waals surface area contributed by atoms with Crippen molar-refractivity contribution in [2.45, 2.75) is 462 Å². The molecule has 0 radical (unpaired) electrons. The Morgan fingerprint density at radius 3 is 0.547 bits per heavy atom. The largest absolute Gasteiger partial charge is 0.460 e. The summed E-state index contributed by atoms with van der Waals surface area (Å²) in [5.41, 5.74) is -3.33. The third-order valence-electron chi connectivity index (χ3n) is 30.2. The first-order chi connectivity index (χ1) is 53.1. The third-order valence-corrected chi connectivity index (χ3v) is 30.2. The van der Waals surface area contributed by atoms with Gasteiger partial charge in [-0.3, -0.25) is 29.4 Å². The standard InChI is InChI=1S/C91H164N20O6/c1-76(2)43-59(44-77(3,4)101-76)110(68-94-72(114-63-51-84(17,18)105(35)85(19,20)52-63)99-73(95-68)115-64-53-86(21,22)106(36)87(23,24)54-64)41-39-109(67-92-70(112-61-47-80(9,10)103(33)81(11,12)48-61)98-71(93-67)113-62-49-82(13,14)104(34)83(15,16)50-62)40-42-111(60-45-78(5,6)102-79(7,8)46-60)69-96-74(116-65-55-88(25,26)107(37)89(27,28)56-65)100-75(97-69)117-66-57-90(29,30)108(38)91(31,32)58-66/h59-66,101-102H,39-58H2,1-38H3. The number of likely N-dealkylation sites (tertiary alicyclic amines) is 6. The van der Waals surface area contributed by atoms with E-state index in [1.165, 1.54) is 0 Å². The van der Waals surface area contributed by atoms with Crippen LogP contribution in [0.1, 0.15) is 324 Å². The molecule has 11 heterocycles. The lowest BCUT2D eigenvalue weighted by molar-refractivity contribution is -0.0617. The van der Waals surface area contributed by atoms with Crippen LogP contribution in [0.5, 0.6) is 36.1 Å². The van der Waals surface area contributed by atoms with E-state index in [-0.39, 0.29) is 173 Å². The van der Waals surface area contributed by atoms with E-state index >= 15 is 0 Å². The number of nitrogens with zero attached hydrogens (tertiary/aromatic N) is 18. The second-order valence-corrected chi connectivity index (χ2v) is 47.9. The number of nitrogens with one attached hydrogen (secondary N) is 2. The zero-order chi connectivity index (χ0) is 87.2. The molecule has 26 nitrogen and oxygen atoms in total. The maximum atomic E-state index is 7.34. The fraction of sp³-hybridized carbons (Fsp3) is 0.901. The van der Waals surface area contributed by atoms with E-state index < -0.39 is 0 Å². The van der Waals surface area contributed by atoms with Gasteiger partial charge in [-0.2, -0.15) is 29.9 Å². The molecule has 26 heteroatoms. The van der Waals surface area contributed by atoms with Crippen LogP contribution in [-0.4, -0.2) is 280 Å².